The fourth-order valence-corrected chi connectivity index (χ4v) is 1.72. The number of hydrogen-bond donors (Lipinski definition) is 2. The van der Waals surface area contributed by atoms with Crippen molar-refractivity contribution in [3.8, 4) is 5.75 Å². The van der Waals surface area contributed by atoms with Crippen molar-refractivity contribution in [3.05, 3.63) is 27.8 Å². The van der Waals surface area contributed by atoms with Gasteiger partial charge in [0, 0.05) is 6.42 Å². The number of nitro groups is 1. The second-order valence-corrected chi connectivity index (χ2v) is 4.69. The number of hydrogen-bond acceptors (Lipinski definition) is 5. The Bertz CT molecular complexity index is 660. The number of carboxylic acids is 1. The number of nitrogens with one attached hydrogen (secondary N) is 1. The van der Waals surface area contributed by atoms with Crippen LogP contribution < -0.4 is 10.1 Å². The van der Waals surface area contributed by atoms with E-state index in [1.807, 2.05) is 0 Å². The maximum Gasteiger partial charge on any atom is 0.471 e. The predicted octanol–water partition coefficient (Wildman–Crippen LogP) is 2.65. The molecule has 2 N–H and O–H groups in total. The first-order valence-electron chi connectivity index (χ1n) is 6.54. The van der Waals surface area contributed by atoms with Crippen molar-refractivity contribution in [1.82, 2.24) is 0 Å². The Morgan fingerprint density at radius 1 is 1.38 bits per heavy atom. The molecule has 0 bridgehead atoms. The molecule has 0 atom stereocenters. The Morgan fingerprint density at radius 2 is 2.00 bits per heavy atom. The number of benzene rings is 1. The van der Waals surface area contributed by atoms with Gasteiger partial charge in [-0.2, -0.15) is 13.2 Å². The first-order valence-corrected chi connectivity index (χ1v) is 6.54. The fourth-order valence-electron chi connectivity index (χ4n) is 1.72. The smallest absolute Gasteiger partial charge is 0.471 e. The molecular formula is C13H13F3N2O6. The summed E-state index contributed by atoms with van der Waals surface area (Å²) in [6.07, 6.45) is -5.21. The fraction of sp³-hybridized carbons (Fsp3) is 0.385. The van der Waals surface area contributed by atoms with E-state index in [2.05, 4.69) is 0 Å². The number of aliphatic carboxylic acids is 1. The third-order valence-corrected chi connectivity index (χ3v) is 2.78. The van der Waals surface area contributed by atoms with E-state index in [0.717, 1.165) is 6.07 Å². The van der Waals surface area contributed by atoms with Crippen molar-refractivity contribution >= 4 is 23.3 Å². The third kappa shape index (κ3) is 5.41. The van der Waals surface area contributed by atoms with Gasteiger partial charge in [-0.05, 0) is 25.0 Å². The minimum atomic E-state index is -5.19. The first kappa shape index (κ1) is 19.2. The minimum absolute atomic E-state index is 0.00460. The number of halogens is 3. The topological polar surface area (TPSA) is 119 Å². The van der Waals surface area contributed by atoms with E-state index in [1.165, 1.54) is 18.3 Å². The van der Waals surface area contributed by atoms with Crippen LogP contribution in [0.1, 0.15) is 18.4 Å². The number of amides is 1. The van der Waals surface area contributed by atoms with Crippen LogP contribution in [0.15, 0.2) is 12.1 Å². The summed E-state index contributed by atoms with van der Waals surface area (Å²) < 4.78 is 42.0. The Labute approximate surface area is 133 Å². The maximum absolute atomic E-state index is 12.3. The molecule has 0 heterocycles. The molecule has 132 valence electrons. The quantitative estimate of drug-likeness (QED) is 0.443. The third-order valence-electron chi connectivity index (χ3n) is 2.78. The van der Waals surface area contributed by atoms with Crippen LogP contribution >= 0.6 is 0 Å². The van der Waals surface area contributed by atoms with Gasteiger partial charge in [0.05, 0.1) is 17.6 Å². The Kier molecular flexibility index (Phi) is 6.09. The van der Waals surface area contributed by atoms with Crippen LogP contribution in [0.25, 0.3) is 0 Å². The van der Waals surface area contributed by atoms with Crippen molar-refractivity contribution < 1.29 is 37.5 Å². The summed E-state index contributed by atoms with van der Waals surface area (Å²) in [5, 5.41) is 21.0. The lowest BCUT2D eigenvalue weighted by Gasteiger charge is -2.13. The summed E-state index contributed by atoms with van der Waals surface area (Å²) >= 11 is 0. The predicted molar refractivity (Wildman–Crippen MR) is 74.9 cm³/mol. The van der Waals surface area contributed by atoms with Gasteiger partial charge in [0.1, 0.15) is 11.4 Å². The second-order valence-electron chi connectivity index (χ2n) is 4.69. The van der Waals surface area contributed by atoms with Crippen molar-refractivity contribution in [2.45, 2.75) is 25.9 Å². The Balaban J connectivity index is 3.00. The van der Waals surface area contributed by atoms with E-state index in [9.17, 15) is 32.9 Å². The molecule has 24 heavy (non-hydrogen) atoms. The van der Waals surface area contributed by atoms with Gasteiger partial charge in [-0.1, -0.05) is 0 Å². The minimum Gasteiger partial charge on any atom is -0.493 e. The molecule has 1 rings (SSSR count). The van der Waals surface area contributed by atoms with Gasteiger partial charge in [-0.25, -0.2) is 0 Å². The number of rotatable bonds is 7. The number of ether oxygens (including phenoxy) is 1. The summed E-state index contributed by atoms with van der Waals surface area (Å²) in [5.74, 6) is -3.38. The van der Waals surface area contributed by atoms with E-state index in [1.54, 1.807) is 0 Å². The summed E-state index contributed by atoms with van der Waals surface area (Å²) in [6, 6.07) is 2.07. The Hall–Kier alpha value is -2.85. The lowest BCUT2D eigenvalue weighted by molar-refractivity contribution is -0.384. The largest absolute Gasteiger partial charge is 0.493 e. The van der Waals surface area contributed by atoms with Crippen molar-refractivity contribution in [3.63, 3.8) is 0 Å². The van der Waals surface area contributed by atoms with E-state index in [0.29, 0.717) is 0 Å². The molecule has 1 aromatic carbocycles. The average molecular weight is 350 g/mol. The van der Waals surface area contributed by atoms with Gasteiger partial charge in [0.25, 0.3) is 5.69 Å². The van der Waals surface area contributed by atoms with Crippen molar-refractivity contribution in [1.29, 1.82) is 0 Å². The van der Waals surface area contributed by atoms with Gasteiger partial charge < -0.3 is 15.2 Å². The van der Waals surface area contributed by atoms with Crippen LogP contribution in [0.4, 0.5) is 24.5 Å². The van der Waals surface area contributed by atoms with Gasteiger partial charge in [-0.15, -0.1) is 0 Å². The van der Waals surface area contributed by atoms with Crippen molar-refractivity contribution in [2.24, 2.45) is 0 Å². The average Bonchev–Trinajstić information content (AvgIpc) is 2.44. The normalized spacial score (nSPS) is 11.0. The Morgan fingerprint density at radius 3 is 2.50 bits per heavy atom. The lowest BCUT2D eigenvalue weighted by atomic mass is 10.1. The van der Waals surface area contributed by atoms with E-state index < -0.39 is 34.4 Å². The van der Waals surface area contributed by atoms with Crippen LogP contribution in [0.3, 0.4) is 0 Å². The van der Waals surface area contributed by atoms with Crippen LogP contribution in [0.2, 0.25) is 0 Å². The van der Waals surface area contributed by atoms with E-state index in [4.69, 9.17) is 9.84 Å². The number of anilines is 1. The highest BCUT2D eigenvalue weighted by molar-refractivity contribution is 5.97. The van der Waals surface area contributed by atoms with Gasteiger partial charge in [-0.3, -0.25) is 19.7 Å². The van der Waals surface area contributed by atoms with E-state index >= 15 is 0 Å². The highest BCUT2D eigenvalue weighted by Crippen LogP contribution is 2.34. The summed E-state index contributed by atoms with van der Waals surface area (Å²) in [4.78, 5) is 31.4. The summed E-state index contributed by atoms with van der Waals surface area (Å²) in [5.41, 5.74) is -1.35. The number of alkyl halides is 3. The highest BCUT2D eigenvalue weighted by atomic mass is 19.4. The molecule has 0 aromatic heterocycles. The molecule has 0 spiro atoms. The van der Waals surface area contributed by atoms with Crippen molar-refractivity contribution in [2.75, 3.05) is 11.9 Å². The lowest BCUT2D eigenvalue weighted by Crippen LogP contribution is -2.30. The maximum atomic E-state index is 12.3. The SMILES string of the molecule is Cc1cc(OCCCC(=O)O)cc([N+](=O)[O-])c1NC(=O)C(F)(F)F. The molecule has 0 aliphatic carbocycles. The molecule has 0 radical (unpaired) electrons. The molecule has 1 amide bonds. The zero-order valence-electron chi connectivity index (χ0n) is 12.3. The number of carbonyl (C=O) groups excluding carboxylic acids is 1. The highest BCUT2D eigenvalue weighted by Gasteiger charge is 2.40. The number of aryl methyl sites for hydroxylation is 1. The van der Waals surface area contributed by atoms with Crippen LogP contribution in [0, 0.1) is 17.0 Å². The number of nitro benzene ring substituents is 1. The second kappa shape index (κ2) is 7.62. The first-order chi connectivity index (χ1) is 11.0. The molecular weight excluding hydrogens is 337 g/mol. The standard InChI is InChI=1S/C13H13F3N2O6/c1-7-5-8(24-4-2-3-10(19)20)6-9(18(22)23)11(7)17-12(21)13(14,15)16/h5-6H,2-4H2,1H3,(H,17,21)(H,19,20). The molecule has 0 unspecified atom stereocenters. The molecule has 1 aromatic rings. The molecule has 0 saturated carbocycles. The zero-order chi connectivity index (χ0) is 18.5. The molecule has 0 saturated heterocycles. The molecule has 0 fully saturated rings. The summed E-state index contributed by atoms with van der Waals surface area (Å²) in [7, 11) is 0. The van der Waals surface area contributed by atoms with Crippen LogP contribution in [-0.2, 0) is 9.59 Å². The molecule has 11 heteroatoms. The van der Waals surface area contributed by atoms with Gasteiger partial charge in [0.15, 0.2) is 0 Å². The number of nitrogens with zero attached hydrogens (tertiary/aromatic N) is 1. The zero-order valence-corrected chi connectivity index (χ0v) is 12.3. The molecule has 0 aliphatic rings. The number of carbonyl (C=O) groups is 2. The molecule has 0 aliphatic heterocycles. The van der Waals surface area contributed by atoms with Gasteiger partial charge >= 0.3 is 18.1 Å². The number of carboxylic acid groups (broad SMARTS) is 1. The monoisotopic (exact) mass is 350 g/mol. The summed E-state index contributed by atoms with van der Waals surface area (Å²) in [6.45, 7) is 1.22. The van der Waals surface area contributed by atoms with E-state index in [-0.39, 0.29) is 30.8 Å². The van der Waals surface area contributed by atoms with Crippen LogP contribution in [0.5, 0.6) is 5.75 Å². The van der Waals surface area contributed by atoms with Gasteiger partial charge in [0.2, 0.25) is 0 Å². The molecule has 8 nitrogen and oxygen atoms in total. The van der Waals surface area contributed by atoms with Crippen LogP contribution in [-0.4, -0.2) is 34.7 Å².